The van der Waals surface area contributed by atoms with Crippen molar-refractivity contribution in [2.45, 2.75) is 19.4 Å². The summed E-state index contributed by atoms with van der Waals surface area (Å²) in [6.07, 6.45) is 2.40. The van der Waals surface area contributed by atoms with Gasteiger partial charge in [0.1, 0.15) is 4.88 Å². The van der Waals surface area contributed by atoms with E-state index in [0.29, 0.717) is 24.0 Å². The maximum absolute atomic E-state index is 10.9. The third-order valence-corrected chi connectivity index (χ3v) is 3.90. The summed E-state index contributed by atoms with van der Waals surface area (Å²) in [5, 5.41) is 14.1. The van der Waals surface area contributed by atoms with Crippen molar-refractivity contribution >= 4 is 17.3 Å². The lowest BCUT2D eigenvalue weighted by Gasteiger charge is -2.22. The number of carbonyl (C=O) groups is 1. The van der Waals surface area contributed by atoms with Gasteiger partial charge in [0, 0.05) is 12.1 Å². The lowest BCUT2D eigenvalue weighted by molar-refractivity contribution is 0.0671. The summed E-state index contributed by atoms with van der Waals surface area (Å²) < 4.78 is 5.61. The van der Waals surface area contributed by atoms with Crippen molar-refractivity contribution < 1.29 is 14.6 Å². The fraction of sp³-hybridized carbons (Fsp3) is 0.583. The molecule has 0 aromatic carbocycles. The van der Waals surface area contributed by atoms with Gasteiger partial charge in [-0.25, -0.2) is 4.79 Å². The van der Waals surface area contributed by atoms with Crippen LogP contribution in [0.2, 0.25) is 0 Å². The summed E-state index contributed by atoms with van der Waals surface area (Å²) in [6.45, 7) is 3.23. The Balaban J connectivity index is 1.77. The zero-order chi connectivity index (χ0) is 12.1. The molecule has 0 saturated carbocycles. The van der Waals surface area contributed by atoms with E-state index < -0.39 is 5.97 Å². The smallest absolute Gasteiger partial charge is 0.346 e. The van der Waals surface area contributed by atoms with Crippen LogP contribution in [0.5, 0.6) is 0 Å². The number of piperidine rings is 1. The van der Waals surface area contributed by atoms with Gasteiger partial charge >= 0.3 is 5.97 Å². The van der Waals surface area contributed by atoms with Crippen molar-refractivity contribution in [2.24, 2.45) is 5.92 Å². The third kappa shape index (κ3) is 3.52. The van der Waals surface area contributed by atoms with Crippen LogP contribution in [0.4, 0.5) is 0 Å². The maximum atomic E-state index is 10.9. The minimum Gasteiger partial charge on any atom is -0.477 e. The molecule has 1 atom stereocenters. The van der Waals surface area contributed by atoms with Crippen molar-refractivity contribution in [3.63, 3.8) is 0 Å². The minimum absolute atomic E-state index is 0.395. The predicted octanol–water partition coefficient (Wildman–Crippen LogP) is 1.96. The summed E-state index contributed by atoms with van der Waals surface area (Å²) in [4.78, 5) is 11.3. The Labute approximate surface area is 105 Å². The standard InChI is InChI=1S/C12H17NO3S/c14-12(15)11-10(3-5-17-11)8-16-7-9-2-1-4-13-6-9/h3,5,9,13H,1-2,4,6-8H2,(H,14,15). The van der Waals surface area contributed by atoms with E-state index in [2.05, 4.69) is 5.32 Å². The van der Waals surface area contributed by atoms with E-state index in [0.717, 1.165) is 18.7 Å². The number of nitrogens with one attached hydrogen (secondary N) is 1. The zero-order valence-corrected chi connectivity index (χ0v) is 10.5. The molecule has 2 rings (SSSR count). The fourth-order valence-corrected chi connectivity index (χ4v) is 2.79. The number of hydrogen-bond donors (Lipinski definition) is 2. The molecule has 17 heavy (non-hydrogen) atoms. The Morgan fingerprint density at radius 3 is 3.24 bits per heavy atom. The molecule has 5 heteroatoms. The van der Waals surface area contributed by atoms with Gasteiger partial charge in [0.15, 0.2) is 0 Å². The van der Waals surface area contributed by atoms with E-state index >= 15 is 0 Å². The highest BCUT2D eigenvalue weighted by atomic mass is 32.1. The predicted molar refractivity (Wildman–Crippen MR) is 66.5 cm³/mol. The molecule has 1 aliphatic rings. The molecule has 2 heterocycles. The molecular formula is C12H17NO3S. The van der Waals surface area contributed by atoms with E-state index in [1.54, 1.807) is 5.38 Å². The summed E-state index contributed by atoms with van der Waals surface area (Å²) in [5.74, 6) is -0.298. The second-order valence-corrected chi connectivity index (χ2v) is 5.22. The molecule has 0 radical (unpaired) electrons. The van der Waals surface area contributed by atoms with Crippen LogP contribution in [-0.2, 0) is 11.3 Å². The molecule has 1 saturated heterocycles. The Morgan fingerprint density at radius 2 is 2.53 bits per heavy atom. The van der Waals surface area contributed by atoms with Gasteiger partial charge in [0.2, 0.25) is 0 Å². The highest BCUT2D eigenvalue weighted by Gasteiger charge is 2.15. The Kier molecular flexibility index (Phi) is 4.53. The van der Waals surface area contributed by atoms with Crippen LogP contribution in [0.3, 0.4) is 0 Å². The Bertz CT molecular complexity index is 372. The first-order valence-corrected chi connectivity index (χ1v) is 6.73. The van der Waals surface area contributed by atoms with E-state index in [1.165, 1.54) is 24.2 Å². The first-order valence-electron chi connectivity index (χ1n) is 5.85. The van der Waals surface area contributed by atoms with Crippen LogP contribution in [0.1, 0.15) is 28.1 Å². The number of carboxylic acids is 1. The molecule has 4 nitrogen and oxygen atoms in total. The van der Waals surface area contributed by atoms with E-state index in [9.17, 15) is 4.79 Å². The average Bonchev–Trinajstić information content (AvgIpc) is 2.79. The van der Waals surface area contributed by atoms with Gasteiger partial charge in [0.25, 0.3) is 0 Å². The molecule has 1 aliphatic heterocycles. The topological polar surface area (TPSA) is 58.6 Å². The molecule has 1 aromatic rings. The highest BCUT2D eigenvalue weighted by Crippen LogP contribution is 2.18. The van der Waals surface area contributed by atoms with Gasteiger partial charge in [0.05, 0.1) is 13.2 Å². The molecule has 1 aromatic heterocycles. The van der Waals surface area contributed by atoms with Crippen molar-refractivity contribution in [2.75, 3.05) is 19.7 Å². The van der Waals surface area contributed by atoms with Gasteiger partial charge in [-0.2, -0.15) is 0 Å². The van der Waals surface area contributed by atoms with Crippen LogP contribution in [0.25, 0.3) is 0 Å². The number of carboxylic acid groups (broad SMARTS) is 1. The lowest BCUT2D eigenvalue weighted by Crippen LogP contribution is -2.32. The molecule has 2 N–H and O–H groups in total. The summed E-state index contributed by atoms with van der Waals surface area (Å²) in [7, 11) is 0. The monoisotopic (exact) mass is 255 g/mol. The number of rotatable bonds is 5. The van der Waals surface area contributed by atoms with Crippen molar-refractivity contribution in [1.82, 2.24) is 5.32 Å². The maximum Gasteiger partial charge on any atom is 0.346 e. The summed E-state index contributed by atoms with van der Waals surface area (Å²) >= 11 is 1.25. The molecule has 94 valence electrons. The summed E-state index contributed by atoms with van der Waals surface area (Å²) in [6, 6.07) is 1.83. The SMILES string of the molecule is O=C(O)c1sccc1COCC1CCCNC1. The van der Waals surface area contributed by atoms with Crippen LogP contribution < -0.4 is 5.32 Å². The van der Waals surface area contributed by atoms with Crippen molar-refractivity contribution in [3.05, 3.63) is 21.9 Å². The van der Waals surface area contributed by atoms with Crippen molar-refractivity contribution in [1.29, 1.82) is 0 Å². The van der Waals surface area contributed by atoms with Gasteiger partial charge in [-0.15, -0.1) is 11.3 Å². The largest absolute Gasteiger partial charge is 0.477 e. The quantitative estimate of drug-likeness (QED) is 0.844. The van der Waals surface area contributed by atoms with Gasteiger partial charge in [-0.1, -0.05) is 0 Å². The molecule has 0 amide bonds. The minimum atomic E-state index is -0.863. The molecule has 0 aliphatic carbocycles. The van der Waals surface area contributed by atoms with Crippen LogP contribution in [0.15, 0.2) is 11.4 Å². The second-order valence-electron chi connectivity index (χ2n) is 4.31. The zero-order valence-electron chi connectivity index (χ0n) is 9.65. The second kappa shape index (κ2) is 6.14. The van der Waals surface area contributed by atoms with Crippen LogP contribution in [-0.4, -0.2) is 30.8 Å². The molecule has 1 unspecified atom stereocenters. The Morgan fingerprint density at radius 1 is 1.65 bits per heavy atom. The normalized spacial score (nSPS) is 20.4. The number of thiophene rings is 1. The van der Waals surface area contributed by atoms with Gasteiger partial charge < -0.3 is 15.2 Å². The summed E-state index contributed by atoms with van der Waals surface area (Å²) in [5.41, 5.74) is 0.784. The number of ether oxygens (including phenoxy) is 1. The first-order chi connectivity index (χ1) is 8.27. The molecule has 1 fully saturated rings. The highest BCUT2D eigenvalue weighted by molar-refractivity contribution is 7.12. The van der Waals surface area contributed by atoms with Crippen molar-refractivity contribution in [3.8, 4) is 0 Å². The number of aromatic carboxylic acids is 1. The lowest BCUT2D eigenvalue weighted by atomic mass is 10.0. The molecule has 0 spiro atoms. The average molecular weight is 255 g/mol. The fourth-order valence-electron chi connectivity index (χ4n) is 2.04. The van der Waals surface area contributed by atoms with E-state index in [-0.39, 0.29) is 0 Å². The Hall–Kier alpha value is -0.910. The van der Waals surface area contributed by atoms with Gasteiger partial charge in [-0.05, 0) is 36.8 Å². The van der Waals surface area contributed by atoms with Crippen LogP contribution in [0, 0.1) is 5.92 Å². The van der Waals surface area contributed by atoms with Gasteiger partial charge in [-0.3, -0.25) is 0 Å². The third-order valence-electron chi connectivity index (χ3n) is 2.95. The first kappa shape index (κ1) is 12.5. The van der Waals surface area contributed by atoms with E-state index in [4.69, 9.17) is 9.84 Å². The van der Waals surface area contributed by atoms with E-state index in [1.807, 2.05) is 6.07 Å². The number of hydrogen-bond acceptors (Lipinski definition) is 4. The molecular weight excluding hydrogens is 238 g/mol. The molecule has 0 bridgehead atoms. The van der Waals surface area contributed by atoms with Crippen LogP contribution >= 0.6 is 11.3 Å².